The first kappa shape index (κ1) is 26.1. The monoisotopic (exact) mass is 517 g/mol. The minimum absolute atomic E-state index is 0.0752. The largest absolute Gasteiger partial charge is 0.478 e. The second-order valence-electron chi connectivity index (χ2n) is 10.5. The number of amides is 1. The molecule has 2 aromatic heterocycles. The minimum Gasteiger partial charge on any atom is -0.478 e. The molecule has 0 spiro atoms. The number of nitrogens with one attached hydrogen (secondary N) is 1. The van der Waals surface area contributed by atoms with E-state index in [1.165, 1.54) is 6.20 Å². The van der Waals surface area contributed by atoms with Crippen molar-refractivity contribution < 1.29 is 33.2 Å². The Morgan fingerprint density at radius 3 is 2.76 bits per heavy atom. The summed E-state index contributed by atoms with van der Waals surface area (Å²) in [6.07, 6.45) is 9.10. The van der Waals surface area contributed by atoms with Gasteiger partial charge in [0.1, 0.15) is 5.82 Å². The van der Waals surface area contributed by atoms with E-state index in [-0.39, 0.29) is 17.7 Å². The molecule has 1 amide bonds. The fourth-order valence-electron chi connectivity index (χ4n) is 5.66. The zero-order valence-electron chi connectivity index (χ0n) is 21.2. The zero-order valence-corrected chi connectivity index (χ0v) is 21.2. The molecule has 4 fully saturated rings. The number of rotatable bonds is 11. The number of ether oxygens (including phenoxy) is 4. The van der Waals surface area contributed by atoms with Crippen molar-refractivity contribution in [2.24, 2.45) is 0 Å². The first-order chi connectivity index (χ1) is 18.0. The molecule has 2 N–H and O–H groups in total. The smallest absolute Gasteiger partial charge is 0.405 e. The minimum atomic E-state index is -1.02. The molecule has 6 rings (SSSR count). The van der Waals surface area contributed by atoms with Crippen molar-refractivity contribution in [1.29, 1.82) is 0 Å². The van der Waals surface area contributed by atoms with Crippen LogP contribution in [0.15, 0.2) is 18.3 Å². The fraction of sp³-hybridized carbons (Fsp3) is 0.667. The number of fused-ring (bicyclic) bond motifs is 4. The van der Waals surface area contributed by atoms with Crippen molar-refractivity contribution in [3.63, 3.8) is 0 Å². The van der Waals surface area contributed by atoms with Crippen LogP contribution in [-0.2, 0) is 20.6 Å². The number of nitrogens with zero attached hydrogens (tertiary/aromatic N) is 2. The van der Waals surface area contributed by atoms with E-state index in [9.17, 15) is 9.18 Å². The summed E-state index contributed by atoms with van der Waals surface area (Å²) in [7, 11) is 0. The Labute approximate surface area is 216 Å². The number of unbranched alkanes of at least 4 members (excludes halogenated alkanes) is 1. The quantitative estimate of drug-likeness (QED) is 0.411. The maximum absolute atomic E-state index is 14.9. The van der Waals surface area contributed by atoms with E-state index in [0.29, 0.717) is 55.1 Å². The van der Waals surface area contributed by atoms with Crippen molar-refractivity contribution >= 4 is 17.1 Å². The van der Waals surface area contributed by atoms with Crippen LogP contribution in [0.3, 0.4) is 0 Å². The number of hydrogen-bond acceptors (Lipinski definition) is 7. The number of carbonyl (C=O) groups is 1. The third-order valence-corrected chi connectivity index (χ3v) is 7.95. The molecular weight excluding hydrogens is 481 g/mol. The molecule has 2 bridgehead atoms. The van der Waals surface area contributed by atoms with Crippen LogP contribution in [0.25, 0.3) is 11.0 Å². The first-order valence-corrected chi connectivity index (χ1v) is 13.4. The van der Waals surface area contributed by atoms with Crippen LogP contribution in [0.1, 0.15) is 69.8 Å². The molecule has 1 aliphatic carbocycles. The van der Waals surface area contributed by atoms with Crippen molar-refractivity contribution in [3.8, 4) is 5.88 Å². The third kappa shape index (κ3) is 6.30. The summed E-state index contributed by atoms with van der Waals surface area (Å²) in [4.78, 5) is 20.0. The molecule has 2 aromatic rings. The Bertz CT molecular complexity index is 1070. The summed E-state index contributed by atoms with van der Waals surface area (Å²) in [5.74, 6) is 0.0658. The maximum Gasteiger partial charge on any atom is 0.405 e. The van der Waals surface area contributed by atoms with Crippen LogP contribution >= 0.6 is 0 Å². The van der Waals surface area contributed by atoms with Crippen LogP contribution in [-0.4, -0.2) is 65.0 Å². The van der Waals surface area contributed by atoms with Gasteiger partial charge in [-0.1, -0.05) is 0 Å². The average molecular weight is 518 g/mol. The molecule has 3 aliphatic heterocycles. The van der Waals surface area contributed by atoms with E-state index in [1.54, 1.807) is 6.07 Å². The van der Waals surface area contributed by atoms with Crippen LogP contribution < -0.4 is 10.1 Å². The van der Waals surface area contributed by atoms with E-state index < -0.39 is 11.6 Å². The van der Waals surface area contributed by atoms with E-state index in [4.69, 9.17) is 24.1 Å². The van der Waals surface area contributed by atoms with E-state index >= 15 is 0 Å². The number of aryl methyl sites for hydroxylation is 1. The molecule has 1 saturated carbocycles. The van der Waals surface area contributed by atoms with Gasteiger partial charge in [0.2, 0.25) is 5.88 Å². The molecule has 1 unspecified atom stereocenters. The molecule has 0 radical (unpaired) electrons. The molecule has 1 atom stereocenters. The van der Waals surface area contributed by atoms with Crippen LogP contribution in [0.4, 0.5) is 9.18 Å². The number of aromatic nitrogens is 2. The highest BCUT2D eigenvalue weighted by atomic mass is 19.1. The van der Waals surface area contributed by atoms with Gasteiger partial charge in [0.05, 0.1) is 41.6 Å². The van der Waals surface area contributed by atoms with Crippen LogP contribution in [0.2, 0.25) is 0 Å². The highest BCUT2D eigenvalue weighted by molar-refractivity contribution is 5.78. The number of carboxylic acid groups (broad SMARTS) is 1. The fourth-order valence-corrected chi connectivity index (χ4v) is 5.66. The summed E-state index contributed by atoms with van der Waals surface area (Å²) < 4.78 is 38.3. The predicted octanol–water partition coefficient (Wildman–Crippen LogP) is 4.75. The standard InChI is InChI=1S/C27H36FN3O6/c28-20-17-29-21-6-7-22(34-14-3-4-16-36-23-5-1-2-15-35-23)30-24(21)19(20)8-9-27-12-10-26(11-13-27,18-37-27)31-25(32)33/h6-7,17,23,31H,1-5,8-16,18H2,(H,32,33). The van der Waals surface area contributed by atoms with Gasteiger partial charge in [-0.3, -0.25) is 4.98 Å². The summed E-state index contributed by atoms with van der Waals surface area (Å²) in [6.45, 7) is 2.26. The van der Waals surface area contributed by atoms with Crippen molar-refractivity contribution in [2.75, 3.05) is 26.4 Å². The van der Waals surface area contributed by atoms with E-state index in [1.807, 2.05) is 6.07 Å². The van der Waals surface area contributed by atoms with E-state index in [2.05, 4.69) is 15.3 Å². The van der Waals surface area contributed by atoms with E-state index in [0.717, 1.165) is 64.4 Å². The third-order valence-electron chi connectivity index (χ3n) is 7.95. The molecule has 37 heavy (non-hydrogen) atoms. The summed E-state index contributed by atoms with van der Waals surface area (Å²) >= 11 is 0. The highest BCUT2D eigenvalue weighted by Crippen LogP contribution is 2.46. The first-order valence-electron chi connectivity index (χ1n) is 13.4. The summed E-state index contributed by atoms with van der Waals surface area (Å²) in [5, 5.41) is 11.8. The number of pyridine rings is 2. The Morgan fingerprint density at radius 2 is 2.03 bits per heavy atom. The predicted molar refractivity (Wildman–Crippen MR) is 133 cm³/mol. The Kier molecular flexibility index (Phi) is 8.07. The normalized spacial score (nSPS) is 27.3. The second kappa shape index (κ2) is 11.4. The van der Waals surface area contributed by atoms with Crippen molar-refractivity contribution in [3.05, 3.63) is 29.7 Å². The number of halogens is 1. The topological polar surface area (TPSA) is 112 Å². The molecule has 10 heteroatoms. The highest BCUT2D eigenvalue weighted by Gasteiger charge is 2.50. The summed E-state index contributed by atoms with van der Waals surface area (Å²) in [6, 6.07) is 3.58. The van der Waals surface area contributed by atoms with Gasteiger partial charge in [0, 0.05) is 24.8 Å². The maximum atomic E-state index is 14.9. The molecule has 3 saturated heterocycles. The molecule has 5 heterocycles. The lowest BCUT2D eigenvalue weighted by atomic mass is 9.69. The van der Waals surface area contributed by atoms with Gasteiger partial charge in [-0.15, -0.1) is 0 Å². The summed E-state index contributed by atoms with van der Waals surface area (Å²) in [5.41, 5.74) is 0.801. The molecule has 4 aliphatic rings. The lowest BCUT2D eigenvalue weighted by Gasteiger charge is -2.53. The van der Waals surface area contributed by atoms with Gasteiger partial charge >= 0.3 is 6.09 Å². The molecule has 0 aromatic carbocycles. The Morgan fingerprint density at radius 1 is 1.19 bits per heavy atom. The Balaban J connectivity index is 1.15. The van der Waals surface area contributed by atoms with Gasteiger partial charge in [-0.2, -0.15) is 0 Å². The van der Waals surface area contributed by atoms with Crippen LogP contribution in [0, 0.1) is 5.82 Å². The van der Waals surface area contributed by atoms with Gasteiger partial charge in [-0.05, 0) is 76.7 Å². The van der Waals surface area contributed by atoms with Crippen molar-refractivity contribution in [2.45, 2.75) is 88.1 Å². The Hall–Kier alpha value is -2.56. The van der Waals surface area contributed by atoms with Gasteiger partial charge in [0.15, 0.2) is 6.29 Å². The molecular formula is C27H36FN3O6. The second-order valence-corrected chi connectivity index (χ2v) is 10.5. The lowest BCUT2D eigenvalue weighted by molar-refractivity contribution is -0.163. The zero-order chi connectivity index (χ0) is 25.7. The van der Waals surface area contributed by atoms with Gasteiger partial charge in [0.25, 0.3) is 0 Å². The van der Waals surface area contributed by atoms with Gasteiger partial charge in [-0.25, -0.2) is 14.2 Å². The van der Waals surface area contributed by atoms with Gasteiger partial charge < -0.3 is 29.4 Å². The number of hydrogen-bond donors (Lipinski definition) is 2. The molecule has 9 nitrogen and oxygen atoms in total. The van der Waals surface area contributed by atoms with Crippen LogP contribution in [0.5, 0.6) is 5.88 Å². The SMILES string of the molecule is O=C(O)NC12CCC(CCc3c(F)cnc4ccc(OCCCCOC5CCCCO5)nc34)(CC1)OC2. The molecule has 202 valence electrons. The lowest BCUT2D eigenvalue weighted by Crippen LogP contribution is -2.62. The van der Waals surface area contributed by atoms with Crippen molar-refractivity contribution in [1.82, 2.24) is 15.3 Å². The average Bonchev–Trinajstić information content (AvgIpc) is 2.91.